The van der Waals surface area contributed by atoms with Crippen molar-refractivity contribution < 1.29 is 48.4 Å². The molecule has 0 saturated carbocycles. The molecule has 10 amide bonds. The lowest BCUT2D eigenvalue weighted by Crippen LogP contribution is -2.58. The molecule has 0 radical (unpaired) electrons. The van der Waals surface area contributed by atoms with Gasteiger partial charge in [0.15, 0.2) is 0 Å². The van der Waals surface area contributed by atoms with Gasteiger partial charge in [0.05, 0.1) is 25.2 Å². The fraction of sp³-hybridized carbons (Fsp3) is 0.769. The molecular weight excluding hydrogens is 801 g/mol. The Labute approximate surface area is 356 Å². The molecule has 60 heavy (non-hydrogen) atoms. The van der Waals surface area contributed by atoms with Gasteiger partial charge in [-0.25, -0.2) is 10.3 Å². The zero-order valence-electron chi connectivity index (χ0n) is 35.8. The first kappa shape index (κ1) is 51.5. The van der Waals surface area contributed by atoms with E-state index in [2.05, 4.69) is 42.5 Å². The number of hydrogen-bond donors (Lipinski definition) is 11. The minimum absolute atomic E-state index is 0.0413. The van der Waals surface area contributed by atoms with Crippen LogP contribution in [-0.2, 0) is 38.4 Å². The second-order valence-corrected chi connectivity index (χ2v) is 17.7. The normalized spacial score (nSPS) is 19.4. The number of rotatable bonds is 28. The van der Waals surface area contributed by atoms with Crippen molar-refractivity contribution in [2.24, 2.45) is 29.4 Å². The molecule has 0 aromatic carbocycles. The lowest BCUT2D eigenvalue weighted by Gasteiger charge is -2.29. The smallest absolute Gasteiger partial charge is 0.315 e. The summed E-state index contributed by atoms with van der Waals surface area (Å²) in [5.74, 6) is -5.47. The predicted molar refractivity (Wildman–Crippen MR) is 224 cm³/mol. The van der Waals surface area contributed by atoms with Crippen LogP contribution in [0.5, 0.6) is 0 Å². The fourth-order valence-electron chi connectivity index (χ4n) is 6.99. The van der Waals surface area contributed by atoms with Crippen LogP contribution in [0.2, 0.25) is 0 Å². The van der Waals surface area contributed by atoms with E-state index in [9.17, 15) is 43.2 Å². The Hall–Kier alpha value is -4.66. The average Bonchev–Trinajstić information content (AvgIpc) is 3.75. The van der Waals surface area contributed by atoms with Gasteiger partial charge in [0.25, 0.3) is 0 Å². The van der Waals surface area contributed by atoms with Gasteiger partial charge < -0.3 is 48.3 Å². The van der Waals surface area contributed by atoms with E-state index in [0.717, 1.165) is 25.0 Å². The van der Waals surface area contributed by atoms with E-state index < -0.39 is 84.4 Å². The van der Waals surface area contributed by atoms with Crippen LogP contribution in [0.3, 0.4) is 0 Å². The highest BCUT2D eigenvalue weighted by atomic mass is 32.2. The third kappa shape index (κ3) is 18.3. The van der Waals surface area contributed by atoms with Crippen molar-refractivity contribution in [3.63, 3.8) is 0 Å². The Balaban J connectivity index is 1.73. The predicted octanol–water partition coefficient (Wildman–Crippen LogP) is -0.569. The summed E-state index contributed by atoms with van der Waals surface area (Å²) in [6, 6.07) is -2.95. The molecule has 0 bridgehead atoms. The third-order valence-corrected chi connectivity index (χ3v) is 12.1. The Kier molecular flexibility index (Phi) is 22.8. The van der Waals surface area contributed by atoms with Gasteiger partial charge in [-0.2, -0.15) is 11.8 Å². The van der Waals surface area contributed by atoms with Gasteiger partial charge in [-0.1, -0.05) is 54.4 Å². The number of carbonyl (C=O) groups is 9. The minimum Gasteiger partial charge on any atom is -0.368 e. The average molecular weight is 869 g/mol. The van der Waals surface area contributed by atoms with E-state index in [1.165, 1.54) is 5.48 Å². The zero-order chi connectivity index (χ0) is 44.9. The van der Waals surface area contributed by atoms with Gasteiger partial charge in [0.2, 0.25) is 47.3 Å². The van der Waals surface area contributed by atoms with Crippen molar-refractivity contribution in [2.75, 3.05) is 25.4 Å². The zero-order valence-corrected chi connectivity index (χ0v) is 36.6. The molecule has 340 valence electrons. The van der Waals surface area contributed by atoms with Gasteiger partial charge in [0, 0.05) is 36.3 Å². The van der Waals surface area contributed by atoms with Crippen molar-refractivity contribution in [3.8, 4) is 0 Å². The monoisotopic (exact) mass is 868 g/mol. The number of fused-ring (bicyclic) bond motifs is 1. The Bertz CT molecular complexity index is 1500. The number of thioether (sulfide) groups is 1. The number of hydrogen-bond acceptors (Lipinski definition) is 11. The number of carbonyl (C=O) groups excluding carboxylic acids is 9. The van der Waals surface area contributed by atoms with Crippen molar-refractivity contribution >= 4 is 65.1 Å². The summed E-state index contributed by atoms with van der Waals surface area (Å²) in [6.45, 7) is 10.1. The number of amides is 10. The summed E-state index contributed by atoms with van der Waals surface area (Å²) >= 11 is 1.84. The molecule has 0 aromatic rings. The van der Waals surface area contributed by atoms with Crippen molar-refractivity contribution in [1.29, 1.82) is 0 Å². The molecule has 2 aliphatic rings. The van der Waals surface area contributed by atoms with Crippen molar-refractivity contribution in [3.05, 3.63) is 0 Å². The molecule has 12 N–H and O–H groups in total. The topological polar surface area (TPSA) is 308 Å². The van der Waals surface area contributed by atoms with Crippen LogP contribution in [-0.4, -0.2) is 119 Å². The molecule has 21 heteroatoms. The number of nitrogens with two attached hydrogens (primary N) is 1. The maximum Gasteiger partial charge on any atom is 0.315 e. The maximum atomic E-state index is 13.5. The number of urea groups is 1. The van der Waals surface area contributed by atoms with Crippen LogP contribution in [0.1, 0.15) is 106 Å². The van der Waals surface area contributed by atoms with Crippen LogP contribution in [0.4, 0.5) is 4.79 Å². The Morgan fingerprint density at radius 2 is 1.47 bits per heavy atom. The summed E-state index contributed by atoms with van der Waals surface area (Å²) in [7, 11) is 0. The molecule has 2 aliphatic heterocycles. The second-order valence-electron chi connectivity index (χ2n) is 16.4. The molecular formula is C39H68N10O10S. The van der Waals surface area contributed by atoms with Crippen LogP contribution >= 0.6 is 11.8 Å². The summed E-state index contributed by atoms with van der Waals surface area (Å²) in [4.78, 5) is 113. The highest BCUT2D eigenvalue weighted by Gasteiger charge is 2.42. The van der Waals surface area contributed by atoms with Gasteiger partial charge in [-0.3, -0.25) is 43.6 Å². The van der Waals surface area contributed by atoms with E-state index in [0.29, 0.717) is 43.9 Å². The number of nitrogens with one attached hydrogen (secondary N) is 9. The third-order valence-electron chi connectivity index (χ3n) is 10.6. The number of hydroxylamine groups is 1. The van der Waals surface area contributed by atoms with Crippen LogP contribution in [0, 0.1) is 23.7 Å². The van der Waals surface area contributed by atoms with Gasteiger partial charge in [-0.05, 0) is 56.3 Å². The molecule has 20 nitrogen and oxygen atoms in total. The molecule has 0 spiro atoms. The molecule has 8 atom stereocenters. The molecule has 2 heterocycles. The lowest BCUT2D eigenvalue weighted by molar-refractivity contribution is -0.138. The summed E-state index contributed by atoms with van der Waals surface area (Å²) in [5, 5.41) is 30.8. The first-order valence-electron chi connectivity index (χ1n) is 21.0. The maximum absolute atomic E-state index is 13.5. The molecule has 2 saturated heterocycles. The molecule has 2 rings (SSSR count). The number of primary amides is 1. The van der Waals surface area contributed by atoms with Gasteiger partial charge in [-0.15, -0.1) is 0 Å². The molecule has 1 unspecified atom stereocenters. The number of unbranched alkanes of at least 4 members (excludes halogenated alkanes) is 2. The van der Waals surface area contributed by atoms with E-state index in [1.807, 2.05) is 32.5 Å². The van der Waals surface area contributed by atoms with Crippen LogP contribution < -0.4 is 53.7 Å². The van der Waals surface area contributed by atoms with Crippen molar-refractivity contribution in [2.45, 2.75) is 141 Å². The molecule has 0 aromatic heterocycles. The van der Waals surface area contributed by atoms with E-state index in [1.54, 1.807) is 20.8 Å². The van der Waals surface area contributed by atoms with E-state index in [-0.39, 0.29) is 48.7 Å². The summed E-state index contributed by atoms with van der Waals surface area (Å²) in [5.41, 5.74) is 7.01. The second kappa shape index (κ2) is 26.5. The Morgan fingerprint density at radius 3 is 2.10 bits per heavy atom. The fourth-order valence-corrected chi connectivity index (χ4v) is 8.53. The molecule has 2 fully saturated rings. The van der Waals surface area contributed by atoms with Gasteiger partial charge >= 0.3 is 6.03 Å². The first-order valence-corrected chi connectivity index (χ1v) is 22.0. The van der Waals surface area contributed by atoms with E-state index >= 15 is 0 Å². The van der Waals surface area contributed by atoms with Gasteiger partial charge in [0.1, 0.15) is 18.1 Å². The SMILES string of the molecule is CC[C@H](C)[C@H](NC(=O)C(CC(=O)NO)CC(C)C)C(=O)N[C@H](C(=O)NCC(=O)NCC(=O)N[C@@H](CCCCNC(=O)CCCC[C@@H]1SC[C@@H]2NC(=O)N[C@@H]21)C(N)=O)C(C)C. The summed E-state index contributed by atoms with van der Waals surface area (Å²) < 4.78 is 0. The first-order chi connectivity index (χ1) is 28.4. The largest absolute Gasteiger partial charge is 0.368 e. The lowest BCUT2D eigenvalue weighted by atomic mass is 9.91. The minimum atomic E-state index is -1.09. The highest BCUT2D eigenvalue weighted by molar-refractivity contribution is 8.00. The Morgan fingerprint density at radius 1 is 0.783 bits per heavy atom. The van der Waals surface area contributed by atoms with Crippen molar-refractivity contribution in [1.82, 2.24) is 48.0 Å². The quantitative estimate of drug-likeness (QED) is 0.0205. The molecule has 0 aliphatic carbocycles. The van der Waals surface area contributed by atoms with Crippen LogP contribution in [0.15, 0.2) is 0 Å². The van der Waals surface area contributed by atoms with E-state index in [4.69, 9.17) is 10.9 Å². The summed E-state index contributed by atoms with van der Waals surface area (Å²) in [6.07, 6.45) is 4.71. The standard InChI is InChI=1S/C39H68N10O10S/c1-7-23(6)33(47-36(55)24(16-21(2)3)17-29(51)49-59)38(57)46-32(22(4)5)37(56)43-18-30(52)42-19-31(53)44-25(35(40)54)12-10-11-15-41-28(50)14-9-8-13-27-34-26(20-60-27)45-39(58)48-34/h21-27,32-34,59H,7-20H2,1-6H3,(H2,40,54)(H,41,50)(H,42,52)(H,43,56)(H,44,53)(H,46,57)(H,47,55)(H,49,51)(H2,45,48,58)/t23-,24?,25-,26-,27-,32-,33-,34-/m0/s1. The van der Waals surface area contributed by atoms with Crippen LogP contribution in [0.25, 0.3) is 0 Å². The highest BCUT2D eigenvalue weighted by Crippen LogP contribution is 2.33.